The van der Waals surface area contributed by atoms with Gasteiger partial charge >= 0.3 is 5.97 Å². The first-order valence-corrected chi connectivity index (χ1v) is 11.6. The van der Waals surface area contributed by atoms with Gasteiger partial charge in [0.05, 0.1) is 20.6 Å². The molecule has 34 heavy (non-hydrogen) atoms. The van der Waals surface area contributed by atoms with Crippen LogP contribution in [0.15, 0.2) is 54.1 Å². The number of benzene rings is 3. The van der Waals surface area contributed by atoms with Crippen molar-refractivity contribution < 1.29 is 19.4 Å². The van der Waals surface area contributed by atoms with Crippen molar-refractivity contribution in [3.05, 3.63) is 95.9 Å². The molecule has 10 heteroatoms. The van der Waals surface area contributed by atoms with E-state index in [1.54, 1.807) is 49.4 Å². The molecule has 0 fully saturated rings. The van der Waals surface area contributed by atoms with Gasteiger partial charge in [-0.2, -0.15) is 0 Å². The topological polar surface area (TPSA) is 75.6 Å². The average Bonchev–Trinajstić information content (AvgIpc) is 2.84. The number of nitrogens with one attached hydrogen (secondary N) is 1. The number of rotatable bonds is 6. The van der Waals surface area contributed by atoms with Crippen LogP contribution in [0, 0.1) is 0 Å². The van der Waals surface area contributed by atoms with Gasteiger partial charge in [0.15, 0.2) is 5.75 Å². The van der Waals surface area contributed by atoms with Gasteiger partial charge in [0.2, 0.25) is 5.91 Å². The molecule has 0 saturated carbocycles. The highest BCUT2D eigenvalue weighted by atomic mass is 35.5. The van der Waals surface area contributed by atoms with Crippen molar-refractivity contribution in [1.29, 1.82) is 0 Å². The van der Waals surface area contributed by atoms with Gasteiger partial charge < -0.3 is 15.2 Å². The summed E-state index contributed by atoms with van der Waals surface area (Å²) < 4.78 is 5.29. The minimum absolute atomic E-state index is 0.0438. The van der Waals surface area contributed by atoms with Gasteiger partial charge in [-0.15, -0.1) is 0 Å². The molecule has 1 amide bonds. The van der Waals surface area contributed by atoms with Crippen LogP contribution >= 0.6 is 58.0 Å². The first-order valence-electron chi connectivity index (χ1n) is 9.66. The molecule has 0 bridgehead atoms. The van der Waals surface area contributed by atoms with E-state index in [2.05, 4.69) is 5.32 Å². The maximum Gasteiger partial charge on any atom is 0.343 e. The van der Waals surface area contributed by atoms with Gasteiger partial charge in [-0.1, -0.05) is 82.3 Å². The number of ether oxygens (including phenoxy) is 1. The van der Waals surface area contributed by atoms with Crippen LogP contribution in [0.5, 0.6) is 11.5 Å². The summed E-state index contributed by atoms with van der Waals surface area (Å²) in [5.74, 6) is -1.03. The lowest BCUT2D eigenvalue weighted by molar-refractivity contribution is -0.117. The van der Waals surface area contributed by atoms with Gasteiger partial charge in [0.25, 0.3) is 0 Å². The Hall–Kier alpha value is -2.41. The van der Waals surface area contributed by atoms with Crippen molar-refractivity contribution in [1.82, 2.24) is 5.32 Å². The molecule has 0 aliphatic heterocycles. The molecule has 5 nitrogen and oxygen atoms in total. The maximum absolute atomic E-state index is 12.5. The van der Waals surface area contributed by atoms with Crippen LogP contribution in [-0.4, -0.2) is 17.0 Å². The van der Waals surface area contributed by atoms with Crippen LogP contribution in [0.2, 0.25) is 25.1 Å². The molecular formula is C24H16Cl5NO4. The summed E-state index contributed by atoms with van der Waals surface area (Å²) in [6.07, 6.45) is 1.71. The molecule has 0 heterocycles. The third-order valence-electron chi connectivity index (χ3n) is 4.64. The lowest BCUT2D eigenvalue weighted by Gasteiger charge is -2.12. The van der Waals surface area contributed by atoms with E-state index < -0.39 is 5.97 Å². The van der Waals surface area contributed by atoms with Crippen LogP contribution < -0.4 is 10.1 Å². The van der Waals surface area contributed by atoms with E-state index in [9.17, 15) is 14.7 Å². The van der Waals surface area contributed by atoms with E-state index in [1.165, 1.54) is 12.1 Å². The largest absolute Gasteiger partial charge is 0.508 e. The smallest absolute Gasteiger partial charge is 0.343 e. The van der Waals surface area contributed by atoms with Crippen molar-refractivity contribution in [2.75, 3.05) is 0 Å². The molecule has 0 atom stereocenters. The number of hydrogen-bond donors (Lipinski definition) is 2. The van der Waals surface area contributed by atoms with Crippen molar-refractivity contribution in [3.8, 4) is 11.5 Å². The summed E-state index contributed by atoms with van der Waals surface area (Å²) >= 11 is 30.1. The normalized spacial score (nSPS) is 11.3. The van der Waals surface area contributed by atoms with Gasteiger partial charge in [-0.25, -0.2) is 4.79 Å². The molecule has 0 unspecified atom stereocenters. The van der Waals surface area contributed by atoms with Gasteiger partial charge in [-0.3, -0.25) is 4.79 Å². The summed E-state index contributed by atoms with van der Waals surface area (Å²) in [7, 11) is 0. The standard InChI is InChI=1S/C24H16Cl5NO4/c1-12(10-13-4-8-16(31)9-5-13)23(32)30-11-14-2-6-15(7-3-14)24(33)34-22-20(28)18(26)17(25)19(27)21(22)29/h2-10,31H,11H2,1H3,(H,30,32)/b12-10+. The second kappa shape index (κ2) is 11.3. The number of aromatic hydroxyl groups is 1. The third-order valence-corrected chi connectivity index (χ3v) is 6.88. The summed E-state index contributed by atoms with van der Waals surface area (Å²) in [4.78, 5) is 24.9. The fourth-order valence-corrected chi connectivity index (χ4v) is 3.99. The average molecular weight is 560 g/mol. The van der Waals surface area contributed by atoms with Crippen molar-refractivity contribution >= 4 is 76.0 Å². The Morgan fingerprint density at radius 1 is 0.853 bits per heavy atom. The molecule has 3 aromatic carbocycles. The highest BCUT2D eigenvalue weighted by molar-refractivity contribution is 6.55. The molecule has 0 aliphatic carbocycles. The third kappa shape index (κ3) is 6.17. The van der Waals surface area contributed by atoms with E-state index in [4.69, 9.17) is 62.7 Å². The second-order valence-corrected chi connectivity index (χ2v) is 8.98. The first-order chi connectivity index (χ1) is 16.1. The second-order valence-electron chi connectivity index (χ2n) is 7.09. The summed E-state index contributed by atoms with van der Waals surface area (Å²) in [6, 6.07) is 12.9. The monoisotopic (exact) mass is 557 g/mol. The van der Waals surface area contributed by atoms with Crippen molar-refractivity contribution in [3.63, 3.8) is 0 Å². The van der Waals surface area contributed by atoms with E-state index in [-0.39, 0.29) is 54.6 Å². The molecule has 3 aromatic rings. The Balaban J connectivity index is 1.63. The number of amides is 1. The van der Waals surface area contributed by atoms with Crippen LogP contribution in [-0.2, 0) is 11.3 Å². The van der Waals surface area contributed by atoms with Crippen LogP contribution in [0.4, 0.5) is 0 Å². The van der Waals surface area contributed by atoms with Crippen molar-refractivity contribution in [2.24, 2.45) is 0 Å². The van der Waals surface area contributed by atoms with Crippen LogP contribution in [0.3, 0.4) is 0 Å². The number of phenols is 1. The Morgan fingerprint density at radius 2 is 1.38 bits per heavy atom. The quantitative estimate of drug-likeness (QED) is 0.107. The number of hydrogen-bond acceptors (Lipinski definition) is 4. The van der Waals surface area contributed by atoms with Gasteiger partial charge in [0.1, 0.15) is 15.8 Å². The van der Waals surface area contributed by atoms with Crippen LogP contribution in [0.25, 0.3) is 6.08 Å². The number of carbonyl (C=O) groups is 2. The summed E-state index contributed by atoms with van der Waals surface area (Å²) in [5, 5.41) is 11.7. The number of carbonyl (C=O) groups excluding carboxylic acids is 2. The predicted molar refractivity (Wildman–Crippen MR) is 136 cm³/mol. The molecule has 0 saturated heterocycles. The fraction of sp³-hybridized carbons (Fsp3) is 0.0833. The minimum atomic E-state index is -0.735. The molecule has 2 N–H and O–H groups in total. The Morgan fingerprint density at radius 3 is 1.94 bits per heavy atom. The lowest BCUT2D eigenvalue weighted by atomic mass is 10.1. The number of phenolic OH excluding ortho intramolecular Hbond substituents is 1. The fourth-order valence-electron chi connectivity index (χ4n) is 2.79. The molecule has 176 valence electrons. The van der Waals surface area contributed by atoms with Gasteiger partial charge in [-0.05, 0) is 48.4 Å². The van der Waals surface area contributed by atoms with E-state index in [0.29, 0.717) is 5.57 Å². The molecular weight excluding hydrogens is 544 g/mol. The van der Waals surface area contributed by atoms with Crippen molar-refractivity contribution in [2.45, 2.75) is 13.5 Å². The number of esters is 1. The molecule has 0 aliphatic rings. The molecule has 0 aromatic heterocycles. The molecule has 0 spiro atoms. The zero-order valence-corrected chi connectivity index (χ0v) is 21.2. The van der Waals surface area contributed by atoms with E-state index in [1.807, 2.05) is 0 Å². The van der Waals surface area contributed by atoms with Crippen LogP contribution in [0.1, 0.15) is 28.4 Å². The Labute approximate surface area is 220 Å². The van der Waals surface area contributed by atoms with E-state index >= 15 is 0 Å². The highest BCUT2D eigenvalue weighted by Crippen LogP contribution is 2.48. The zero-order valence-electron chi connectivity index (χ0n) is 17.5. The Bertz CT molecular complexity index is 1240. The lowest BCUT2D eigenvalue weighted by Crippen LogP contribution is -2.23. The SMILES string of the molecule is C/C(=C\c1ccc(O)cc1)C(=O)NCc1ccc(C(=O)Oc2c(Cl)c(Cl)c(Cl)c(Cl)c2Cl)cc1. The zero-order chi connectivity index (χ0) is 25.0. The minimum Gasteiger partial charge on any atom is -0.508 e. The first kappa shape index (κ1) is 26.2. The maximum atomic E-state index is 12.5. The van der Waals surface area contributed by atoms with E-state index in [0.717, 1.165) is 11.1 Å². The summed E-state index contributed by atoms with van der Waals surface area (Å²) in [5.41, 5.74) is 2.26. The molecule has 0 radical (unpaired) electrons. The Kier molecular flexibility index (Phi) is 8.74. The van der Waals surface area contributed by atoms with Gasteiger partial charge in [0, 0.05) is 12.1 Å². The molecule has 3 rings (SSSR count). The number of halogens is 5. The highest BCUT2D eigenvalue weighted by Gasteiger charge is 2.23. The summed E-state index contributed by atoms with van der Waals surface area (Å²) in [6.45, 7) is 1.93. The predicted octanol–water partition coefficient (Wildman–Crippen LogP) is 7.60.